The fourth-order valence-electron chi connectivity index (χ4n) is 3.97. The van der Waals surface area contributed by atoms with Gasteiger partial charge in [0.2, 0.25) is 0 Å². The van der Waals surface area contributed by atoms with Gasteiger partial charge in [-0.3, -0.25) is 14.5 Å². The van der Waals surface area contributed by atoms with Gasteiger partial charge in [0.1, 0.15) is 17.2 Å². The van der Waals surface area contributed by atoms with E-state index >= 15 is 0 Å². The molecule has 1 aliphatic rings. The lowest BCUT2D eigenvalue weighted by atomic mass is 10.1. The van der Waals surface area contributed by atoms with Crippen molar-refractivity contribution >= 4 is 23.2 Å². The number of benzene rings is 3. The van der Waals surface area contributed by atoms with Crippen molar-refractivity contribution in [2.24, 2.45) is 0 Å². The minimum Gasteiger partial charge on any atom is -0.488 e. The summed E-state index contributed by atoms with van der Waals surface area (Å²) < 4.78 is 46.5. The van der Waals surface area contributed by atoms with E-state index in [2.05, 4.69) is 0 Å². The average molecular weight is 494 g/mol. The maximum Gasteiger partial charge on any atom is 0.426 e. The summed E-state index contributed by atoms with van der Waals surface area (Å²) in [6.07, 6.45) is -4.46. The molecule has 4 aromatic rings. The van der Waals surface area contributed by atoms with Crippen LogP contribution in [0.1, 0.15) is 36.0 Å². The van der Waals surface area contributed by atoms with Gasteiger partial charge in [-0.1, -0.05) is 54.6 Å². The van der Waals surface area contributed by atoms with Crippen molar-refractivity contribution in [1.82, 2.24) is 4.90 Å². The second-order valence-electron chi connectivity index (χ2n) is 7.99. The molecule has 0 N–H and O–H groups in total. The van der Waals surface area contributed by atoms with Crippen molar-refractivity contribution in [3.05, 3.63) is 111 Å². The van der Waals surface area contributed by atoms with Crippen LogP contribution >= 0.6 is 11.3 Å². The van der Waals surface area contributed by atoms with Gasteiger partial charge in [-0.15, -0.1) is 11.3 Å². The molecule has 0 unspecified atom stereocenters. The monoisotopic (exact) mass is 493 g/mol. The SMILES string of the molecule is O=C1c2ccccc2C(=O)N1Cc1ccc(OCc2cc(-c3ccccc3)c(C(F)(F)F)s2)cc1. The number of imide groups is 1. The van der Waals surface area contributed by atoms with Crippen molar-refractivity contribution in [2.45, 2.75) is 19.3 Å². The Balaban J connectivity index is 1.27. The molecule has 8 heteroatoms. The zero-order chi connectivity index (χ0) is 24.6. The molecule has 0 spiro atoms. The molecule has 0 saturated heterocycles. The Labute approximate surface area is 203 Å². The molecule has 5 rings (SSSR count). The van der Waals surface area contributed by atoms with Crippen LogP contribution < -0.4 is 4.74 Å². The van der Waals surface area contributed by atoms with Gasteiger partial charge < -0.3 is 4.74 Å². The number of fused-ring (bicyclic) bond motifs is 1. The Kier molecular flexibility index (Phi) is 5.90. The second-order valence-corrected chi connectivity index (χ2v) is 9.13. The van der Waals surface area contributed by atoms with Crippen molar-refractivity contribution in [3.63, 3.8) is 0 Å². The van der Waals surface area contributed by atoms with Crippen LogP contribution in [0.5, 0.6) is 5.75 Å². The molecule has 1 aliphatic heterocycles. The third-order valence-corrected chi connectivity index (χ3v) is 6.80. The molecule has 0 aliphatic carbocycles. The largest absolute Gasteiger partial charge is 0.488 e. The zero-order valence-corrected chi connectivity index (χ0v) is 19.0. The molecule has 2 heterocycles. The first-order chi connectivity index (χ1) is 16.8. The first-order valence-electron chi connectivity index (χ1n) is 10.7. The molecule has 0 radical (unpaired) electrons. The van der Waals surface area contributed by atoms with Crippen molar-refractivity contribution in [1.29, 1.82) is 0 Å². The maximum absolute atomic E-state index is 13.6. The number of ether oxygens (including phenoxy) is 1. The third kappa shape index (κ3) is 4.57. The van der Waals surface area contributed by atoms with E-state index in [0.717, 1.165) is 5.56 Å². The molecule has 2 amide bonds. The van der Waals surface area contributed by atoms with Gasteiger partial charge in [-0.05, 0) is 41.5 Å². The van der Waals surface area contributed by atoms with Crippen molar-refractivity contribution in [2.75, 3.05) is 0 Å². The summed E-state index contributed by atoms with van der Waals surface area (Å²) in [7, 11) is 0. The molecular formula is C27H18F3NO3S. The number of rotatable bonds is 6. The zero-order valence-electron chi connectivity index (χ0n) is 18.2. The lowest BCUT2D eigenvalue weighted by Crippen LogP contribution is -2.29. The van der Waals surface area contributed by atoms with Crippen LogP contribution in [0.3, 0.4) is 0 Å². The number of amides is 2. The predicted octanol–water partition coefficient (Wildman–Crippen LogP) is 6.81. The van der Waals surface area contributed by atoms with Gasteiger partial charge in [0.15, 0.2) is 0 Å². The quantitative estimate of drug-likeness (QED) is 0.277. The lowest BCUT2D eigenvalue weighted by Gasteiger charge is -2.14. The highest BCUT2D eigenvalue weighted by Crippen LogP contribution is 2.43. The number of thiophene rings is 1. The Morgan fingerprint density at radius 3 is 1.97 bits per heavy atom. The Hall–Kier alpha value is -3.91. The van der Waals surface area contributed by atoms with Gasteiger partial charge in [-0.25, -0.2) is 0 Å². The van der Waals surface area contributed by atoms with Gasteiger partial charge in [-0.2, -0.15) is 13.2 Å². The Morgan fingerprint density at radius 2 is 1.37 bits per heavy atom. The number of nitrogens with zero attached hydrogens (tertiary/aromatic N) is 1. The van der Waals surface area contributed by atoms with Crippen LogP contribution in [0.25, 0.3) is 11.1 Å². The third-order valence-electron chi connectivity index (χ3n) is 5.65. The predicted molar refractivity (Wildman–Crippen MR) is 126 cm³/mol. The van der Waals surface area contributed by atoms with E-state index in [0.29, 0.717) is 38.7 Å². The summed E-state index contributed by atoms with van der Waals surface area (Å²) in [5.41, 5.74) is 2.15. The van der Waals surface area contributed by atoms with Crippen LogP contribution in [0, 0.1) is 0 Å². The molecule has 3 aromatic carbocycles. The summed E-state index contributed by atoms with van der Waals surface area (Å²) in [5.74, 6) is -0.198. The summed E-state index contributed by atoms with van der Waals surface area (Å²) in [5, 5.41) is 0. The molecule has 176 valence electrons. The molecule has 0 fully saturated rings. The average Bonchev–Trinajstić information content (AvgIpc) is 3.40. The van der Waals surface area contributed by atoms with Crippen molar-refractivity contribution < 1.29 is 27.5 Å². The first-order valence-corrected chi connectivity index (χ1v) is 11.6. The lowest BCUT2D eigenvalue weighted by molar-refractivity contribution is -0.133. The van der Waals surface area contributed by atoms with E-state index in [1.807, 2.05) is 0 Å². The number of halogens is 3. The van der Waals surface area contributed by atoms with Crippen LogP contribution in [0.15, 0.2) is 84.9 Å². The van der Waals surface area contributed by atoms with Gasteiger partial charge in [0.05, 0.1) is 17.7 Å². The molecule has 1 aromatic heterocycles. The van der Waals surface area contributed by atoms with Gasteiger partial charge in [0.25, 0.3) is 11.8 Å². The first kappa shape index (κ1) is 22.9. The van der Waals surface area contributed by atoms with E-state index in [4.69, 9.17) is 4.74 Å². The fourth-order valence-corrected chi connectivity index (χ4v) is 4.93. The standard InChI is InChI=1S/C27H18F3NO3S/c28-27(29,30)24-23(18-6-2-1-3-7-18)14-20(35-24)16-34-19-12-10-17(11-13-19)15-31-25(32)21-8-4-5-9-22(21)26(31)33/h1-14H,15-16H2. The Bertz CT molecular complexity index is 1360. The molecule has 0 atom stereocenters. The summed E-state index contributed by atoms with van der Waals surface area (Å²) >= 11 is 0.668. The normalized spacial score (nSPS) is 13.3. The molecule has 4 nitrogen and oxygen atoms in total. The molecule has 0 bridgehead atoms. The topological polar surface area (TPSA) is 46.6 Å². The second kappa shape index (κ2) is 9.03. The number of carbonyl (C=O) groups is 2. The van der Waals surface area contributed by atoms with E-state index in [9.17, 15) is 22.8 Å². The number of hydrogen-bond donors (Lipinski definition) is 0. The minimum absolute atomic E-state index is 0.0155. The summed E-state index contributed by atoms with van der Waals surface area (Å²) in [6.45, 7) is 0.102. The molecule has 35 heavy (non-hydrogen) atoms. The number of hydrogen-bond acceptors (Lipinski definition) is 4. The number of carbonyl (C=O) groups excluding carboxylic acids is 2. The van der Waals surface area contributed by atoms with Crippen LogP contribution in [0.4, 0.5) is 13.2 Å². The highest BCUT2D eigenvalue weighted by Gasteiger charge is 2.37. The molecular weight excluding hydrogens is 475 g/mol. The van der Waals surface area contributed by atoms with Crippen LogP contribution in [-0.2, 0) is 19.3 Å². The van der Waals surface area contributed by atoms with E-state index in [1.54, 1.807) is 78.9 Å². The minimum atomic E-state index is -4.46. The highest BCUT2D eigenvalue weighted by molar-refractivity contribution is 7.12. The summed E-state index contributed by atoms with van der Waals surface area (Å²) in [6, 6.07) is 23.5. The fraction of sp³-hybridized carbons (Fsp3) is 0.111. The van der Waals surface area contributed by atoms with Gasteiger partial charge in [0, 0.05) is 10.4 Å². The van der Waals surface area contributed by atoms with Crippen LogP contribution in [-0.4, -0.2) is 16.7 Å². The van der Waals surface area contributed by atoms with E-state index < -0.39 is 11.1 Å². The smallest absolute Gasteiger partial charge is 0.426 e. The Morgan fingerprint density at radius 1 is 0.771 bits per heavy atom. The van der Waals surface area contributed by atoms with Crippen molar-refractivity contribution in [3.8, 4) is 16.9 Å². The van der Waals surface area contributed by atoms with E-state index in [1.165, 1.54) is 11.0 Å². The van der Waals surface area contributed by atoms with Gasteiger partial charge >= 0.3 is 6.18 Å². The van der Waals surface area contributed by atoms with E-state index in [-0.39, 0.29) is 30.5 Å². The molecule has 0 saturated carbocycles. The van der Waals surface area contributed by atoms with Crippen LogP contribution in [0.2, 0.25) is 0 Å². The number of alkyl halides is 3. The highest BCUT2D eigenvalue weighted by atomic mass is 32.1. The summed E-state index contributed by atoms with van der Waals surface area (Å²) in [4.78, 5) is 26.1. The maximum atomic E-state index is 13.6.